The van der Waals surface area contributed by atoms with Gasteiger partial charge >= 0.3 is 0 Å². The lowest BCUT2D eigenvalue weighted by atomic mass is 10.4. The van der Waals surface area contributed by atoms with Gasteiger partial charge in [-0.25, -0.2) is 0 Å². The molecule has 0 unspecified atom stereocenters. The molecule has 0 saturated carbocycles. The predicted molar refractivity (Wildman–Crippen MR) is 54.0 cm³/mol. The Balaban J connectivity index is 0.00000144. The van der Waals surface area contributed by atoms with E-state index in [9.17, 15) is 0 Å². The number of methoxy groups -OCH3 is 1. The molecule has 1 aromatic heterocycles. The second-order valence-electron chi connectivity index (χ2n) is 2.62. The van der Waals surface area contributed by atoms with Crippen molar-refractivity contribution in [3.8, 4) is 0 Å². The number of hydrogen-bond donors (Lipinski definition) is 1. The molecule has 0 fully saturated rings. The van der Waals surface area contributed by atoms with Crippen molar-refractivity contribution >= 4 is 12.4 Å². The van der Waals surface area contributed by atoms with Gasteiger partial charge in [-0.05, 0) is 6.07 Å². The summed E-state index contributed by atoms with van der Waals surface area (Å²) >= 11 is 0. The second-order valence-corrected chi connectivity index (χ2v) is 2.62. The first-order valence-corrected chi connectivity index (χ1v) is 4.01. The van der Waals surface area contributed by atoms with Crippen LogP contribution in [0.5, 0.6) is 0 Å². The van der Waals surface area contributed by atoms with Gasteiger partial charge in [0.15, 0.2) is 0 Å². The summed E-state index contributed by atoms with van der Waals surface area (Å²) in [5, 5.41) is 7.30. The summed E-state index contributed by atoms with van der Waals surface area (Å²) in [7, 11) is 3.64. The van der Waals surface area contributed by atoms with Crippen LogP contribution in [0.4, 0.5) is 0 Å². The molecule has 4 nitrogen and oxygen atoms in total. The van der Waals surface area contributed by atoms with Crippen LogP contribution in [0.15, 0.2) is 12.3 Å². The van der Waals surface area contributed by atoms with Gasteiger partial charge in [0.05, 0.1) is 12.3 Å². The normalized spacial score (nSPS) is 9.69. The summed E-state index contributed by atoms with van der Waals surface area (Å²) in [6.45, 7) is 2.47. The third-order valence-corrected chi connectivity index (χ3v) is 1.71. The van der Waals surface area contributed by atoms with Crippen molar-refractivity contribution in [1.82, 2.24) is 15.1 Å². The minimum absolute atomic E-state index is 0. The van der Waals surface area contributed by atoms with Gasteiger partial charge in [-0.1, -0.05) is 0 Å². The molecule has 0 aromatic carbocycles. The van der Waals surface area contributed by atoms with Gasteiger partial charge in [0, 0.05) is 33.4 Å². The molecule has 1 aromatic rings. The highest BCUT2D eigenvalue weighted by molar-refractivity contribution is 5.85. The van der Waals surface area contributed by atoms with Crippen LogP contribution in [-0.2, 0) is 18.3 Å². The van der Waals surface area contributed by atoms with E-state index in [1.54, 1.807) is 13.3 Å². The molecule has 1 heterocycles. The average molecular weight is 206 g/mol. The average Bonchev–Trinajstić information content (AvgIpc) is 2.46. The number of halogens is 1. The predicted octanol–water partition coefficient (Wildman–Crippen LogP) is 0.578. The molecule has 1 N–H and O–H groups in total. The van der Waals surface area contributed by atoms with Crippen molar-refractivity contribution in [2.75, 3.05) is 20.3 Å². The number of rotatable bonds is 5. The molecule has 0 spiro atoms. The molecule has 0 aliphatic carbocycles. The fourth-order valence-electron chi connectivity index (χ4n) is 0.965. The topological polar surface area (TPSA) is 39.1 Å². The van der Waals surface area contributed by atoms with E-state index in [1.165, 1.54) is 5.69 Å². The SMILES string of the molecule is COCCNCc1ccnn1C.Cl. The lowest BCUT2D eigenvalue weighted by Crippen LogP contribution is -2.20. The molecular weight excluding hydrogens is 190 g/mol. The van der Waals surface area contributed by atoms with E-state index in [4.69, 9.17) is 4.74 Å². The zero-order valence-corrected chi connectivity index (χ0v) is 8.80. The fraction of sp³-hybridized carbons (Fsp3) is 0.625. The van der Waals surface area contributed by atoms with Gasteiger partial charge in [-0.2, -0.15) is 5.10 Å². The van der Waals surface area contributed by atoms with E-state index in [0.29, 0.717) is 0 Å². The highest BCUT2D eigenvalue weighted by Gasteiger charge is 1.95. The van der Waals surface area contributed by atoms with Crippen molar-refractivity contribution in [3.05, 3.63) is 18.0 Å². The van der Waals surface area contributed by atoms with E-state index < -0.39 is 0 Å². The summed E-state index contributed by atoms with van der Waals surface area (Å²) in [4.78, 5) is 0. The van der Waals surface area contributed by atoms with Crippen molar-refractivity contribution in [2.45, 2.75) is 6.54 Å². The largest absolute Gasteiger partial charge is 0.383 e. The Bertz CT molecular complexity index is 227. The van der Waals surface area contributed by atoms with Gasteiger partial charge in [0.1, 0.15) is 0 Å². The van der Waals surface area contributed by atoms with E-state index >= 15 is 0 Å². The van der Waals surface area contributed by atoms with Crippen LogP contribution >= 0.6 is 12.4 Å². The lowest BCUT2D eigenvalue weighted by molar-refractivity contribution is 0.199. The quantitative estimate of drug-likeness (QED) is 0.715. The Hall–Kier alpha value is -0.580. The van der Waals surface area contributed by atoms with Crippen LogP contribution < -0.4 is 5.32 Å². The Morgan fingerprint density at radius 1 is 1.62 bits per heavy atom. The van der Waals surface area contributed by atoms with Gasteiger partial charge in [-0.3, -0.25) is 4.68 Å². The molecule has 0 bridgehead atoms. The van der Waals surface area contributed by atoms with E-state index in [2.05, 4.69) is 10.4 Å². The van der Waals surface area contributed by atoms with Crippen LogP contribution in [0.2, 0.25) is 0 Å². The zero-order chi connectivity index (χ0) is 8.81. The van der Waals surface area contributed by atoms with Crippen LogP contribution in [0.1, 0.15) is 5.69 Å². The minimum Gasteiger partial charge on any atom is -0.383 e. The highest BCUT2D eigenvalue weighted by Crippen LogP contribution is 1.93. The van der Waals surface area contributed by atoms with Gasteiger partial charge in [0.25, 0.3) is 0 Å². The fourth-order valence-corrected chi connectivity index (χ4v) is 0.965. The molecule has 1 rings (SSSR count). The van der Waals surface area contributed by atoms with Crippen LogP contribution in [0.3, 0.4) is 0 Å². The molecule has 0 radical (unpaired) electrons. The molecule has 0 atom stereocenters. The Morgan fingerprint density at radius 2 is 2.38 bits per heavy atom. The van der Waals surface area contributed by atoms with Gasteiger partial charge < -0.3 is 10.1 Å². The summed E-state index contributed by atoms with van der Waals surface area (Å²) in [5.74, 6) is 0. The van der Waals surface area contributed by atoms with Crippen LogP contribution in [0, 0.1) is 0 Å². The number of nitrogens with zero attached hydrogens (tertiary/aromatic N) is 2. The van der Waals surface area contributed by atoms with Crippen LogP contribution in [0.25, 0.3) is 0 Å². The first kappa shape index (κ1) is 12.4. The second kappa shape index (κ2) is 6.88. The molecule has 13 heavy (non-hydrogen) atoms. The minimum atomic E-state index is 0. The zero-order valence-electron chi connectivity index (χ0n) is 7.99. The monoisotopic (exact) mass is 205 g/mol. The maximum absolute atomic E-state index is 4.91. The molecule has 0 amide bonds. The number of ether oxygens (including phenoxy) is 1. The summed E-state index contributed by atoms with van der Waals surface area (Å²) in [6, 6.07) is 2.00. The highest BCUT2D eigenvalue weighted by atomic mass is 35.5. The third-order valence-electron chi connectivity index (χ3n) is 1.71. The van der Waals surface area contributed by atoms with Gasteiger partial charge in [0.2, 0.25) is 0 Å². The standard InChI is InChI=1S/C8H15N3O.ClH/c1-11-8(3-4-10-11)7-9-5-6-12-2;/h3-4,9H,5-7H2,1-2H3;1H. The summed E-state index contributed by atoms with van der Waals surface area (Å²) in [6.07, 6.45) is 1.80. The molecule has 0 aliphatic heterocycles. The van der Waals surface area contributed by atoms with Crippen molar-refractivity contribution in [2.24, 2.45) is 7.05 Å². The van der Waals surface area contributed by atoms with Crippen molar-refractivity contribution < 1.29 is 4.74 Å². The maximum Gasteiger partial charge on any atom is 0.0587 e. The van der Waals surface area contributed by atoms with E-state index in [-0.39, 0.29) is 12.4 Å². The Kier molecular flexibility index (Phi) is 6.58. The summed E-state index contributed by atoms with van der Waals surface area (Å²) < 4.78 is 6.77. The Morgan fingerprint density at radius 3 is 2.92 bits per heavy atom. The summed E-state index contributed by atoms with van der Waals surface area (Å²) in [5.41, 5.74) is 1.19. The molecule has 0 saturated heterocycles. The smallest absolute Gasteiger partial charge is 0.0587 e. The number of hydrogen-bond acceptors (Lipinski definition) is 3. The number of aryl methyl sites for hydroxylation is 1. The van der Waals surface area contributed by atoms with Gasteiger partial charge in [-0.15, -0.1) is 12.4 Å². The molecule has 76 valence electrons. The van der Waals surface area contributed by atoms with Crippen LogP contribution in [-0.4, -0.2) is 30.0 Å². The number of nitrogens with one attached hydrogen (secondary N) is 1. The first-order valence-electron chi connectivity index (χ1n) is 4.01. The number of aromatic nitrogens is 2. The molecular formula is C8H16ClN3O. The third kappa shape index (κ3) is 4.26. The first-order chi connectivity index (χ1) is 5.84. The van der Waals surface area contributed by atoms with Crippen molar-refractivity contribution in [1.29, 1.82) is 0 Å². The van der Waals surface area contributed by atoms with Crippen molar-refractivity contribution in [3.63, 3.8) is 0 Å². The Labute approximate surface area is 84.7 Å². The van der Waals surface area contributed by atoms with E-state index in [1.807, 2.05) is 17.8 Å². The molecule has 5 heteroatoms. The maximum atomic E-state index is 4.91. The van der Waals surface area contributed by atoms with E-state index in [0.717, 1.165) is 19.7 Å². The lowest BCUT2D eigenvalue weighted by Gasteiger charge is -2.03. The molecule has 0 aliphatic rings.